The molecule has 0 aromatic heterocycles. The summed E-state index contributed by atoms with van der Waals surface area (Å²) in [6.07, 6.45) is 9.62. The van der Waals surface area contributed by atoms with Gasteiger partial charge in [0.05, 0.1) is 5.56 Å². The Labute approximate surface area is 196 Å². The van der Waals surface area contributed by atoms with Crippen molar-refractivity contribution in [1.29, 1.82) is 0 Å². The smallest absolute Gasteiger partial charge is 0.335 e. The van der Waals surface area contributed by atoms with E-state index in [0.29, 0.717) is 17.9 Å². The summed E-state index contributed by atoms with van der Waals surface area (Å²) in [5, 5.41) is 15.9. The summed E-state index contributed by atoms with van der Waals surface area (Å²) >= 11 is 2.19. The summed E-state index contributed by atoms with van der Waals surface area (Å²) in [7, 11) is 0. The fraction of sp³-hybridized carbons (Fsp3) is 0.680. The fourth-order valence-electron chi connectivity index (χ4n) is 6.12. The highest BCUT2D eigenvalue weighted by Gasteiger charge is 2.50. The molecule has 0 heterocycles. The van der Waals surface area contributed by atoms with Crippen molar-refractivity contribution in [3.05, 3.63) is 29.8 Å². The molecule has 0 atom stereocenters. The first-order valence-electron chi connectivity index (χ1n) is 12.2. The zero-order chi connectivity index (χ0) is 22.4. The minimum absolute atomic E-state index is 0.283. The van der Waals surface area contributed by atoms with Crippen LogP contribution in [0.15, 0.2) is 29.3 Å². The zero-order valence-corrected chi connectivity index (χ0v) is 20.0. The van der Waals surface area contributed by atoms with Gasteiger partial charge in [-0.05, 0) is 93.9 Å². The van der Waals surface area contributed by atoms with Gasteiger partial charge < -0.3 is 20.5 Å². The normalized spacial score (nSPS) is 28.7. The summed E-state index contributed by atoms with van der Waals surface area (Å²) in [4.78, 5) is 15.8. The standard InChI is InChI=1S/C25H37N3O3S/c1-2-31-10-3-8-26-24(28-22-6-4-21(5-7-22)23(29)30)27-9-11-32-25-15-18-12-19(16-25)14-20(13-18)17-25/h4-7,18-20H,2-3,8-17H2,1H3,(H,29,30)(H2,26,27,28). The number of hydrogen-bond acceptors (Lipinski definition) is 4. The van der Waals surface area contributed by atoms with Crippen molar-refractivity contribution in [2.24, 2.45) is 22.7 Å². The molecule has 176 valence electrons. The van der Waals surface area contributed by atoms with Gasteiger partial charge in [-0.2, -0.15) is 11.8 Å². The molecule has 4 saturated carbocycles. The van der Waals surface area contributed by atoms with E-state index in [2.05, 4.69) is 22.4 Å². The number of carboxylic acid groups (broad SMARTS) is 1. The molecule has 7 heteroatoms. The number of guanidine groups is 1. The molecule has 4 aliphatic carbocycles. The average Bonchev–Trinajstić information content (AvgIpc) is 2.75. The summed E-state index contributed by atoms with van der Waals surface area (Å²) in [5.41, 5.74) is 1.12. The number of nitrogens with one attached hydrogen (secondary N) is 2. The van der Waals surface area contributed by atoms with Crippen molar-refractivity contribution in [2.75, 3.05) is 37.4 Å². The molecule has 32 heavy (non-hydrogen) atoms. The third-order valence-corrected chi connectivity index (χ3v) is 8.62. The van der Waals surface area contributed by atoms with E-state index in [1.807, 2.05) is 6.92 Å². The number of hydrogen-bond donors (Lipinski definition) is 3. The van der Waals surface area contributed by atoms with E-state index in [-0.39, 0.29) is 5.56 Å². The molecule has 4 bridgehead atoms. The van der Waals surface area contributed by atoms with Gasteiger partial charge in [0.25, 0.3) is 0 Å². The second-order valence-corrected chi connectivity index (χ2v) is 11.2. The van der Waals surface area contributed by atoms with Gasteiger partial charge in [-0.3, -0.25) is 4.99 Å². The molecule has 0 spiro atoms. The molecule has 4 fully saturated rings. The van der Waals surface area contributed by atoms with Crippen molar-refractivity contribution in [1.82, 2.24) is 5.32 Å². The van der Waals surface area contributed by atoms with Gasteiger partial charge in [0.1, 0.15) is 0 Å². The molecule has 0 amide bonds. The van der Waals surface area contributed by atoms with E-state index in [9.17, 15) is 4.79 Å². The molecule has 6 nitrogen and oxygen atoms in total. The first-order chi connectivity index (χ1) is 15.5. The molecule has 5 rings (SSSR count). The number of benzene rings is 1. The summed E-state index contributed by atoms with van der Waals surface area (Å²) in [6.45, 7) is 4.99. The molecule has 0 saturated heterocycles. The number of rotatable bonds is 11. The number of carboxylic acids is 1. The van der Waals surface area contributed by atoms with Crippen LogP contribution in [0.4, 0.5) is 5.69 Å². The molecule has 0 aliphatic heterocycles. The predicted octanol–water partition coefficient (Wildman–Crippen LogP) is 4.87. The van der Waals surface area contributed by atoms with Crippen molar-refractivity contribution in [3.63, 3.8) is 0 Å². The maximum Gasteiger partial charge on any atom is 0.335 e. The zero-order valence-electron chi connectivity index (χ0n) is 19.1. The molecule has 4 aliphatic rings. The van der Waals surface area contributed by atoms with Gasteiger partial charge in [-0.25, -0.2) is 4.79 Å². The minimum atomic E-state index is -0.916. The third kappa shape index (κ3) is 6.19. The van der Waals surface area contributed by atoms with Crippen LogP contribution in [-0.4, -0.2) is 53.8 Å². The lowest BCUT2D eigenvalue weighted by Gasteiger charge is -2.56. The highest BCUT2D eigenvalue weighted by atomic mass is 32.2. The van der Waals surface area contributed by atoms with Gasteiger partial charge in [-0.15, -0.1) is 0 Å². The lowest BCUT2D eigenvalue weighted by Crippen LogP contribution is -2.49. The lowest BCUT2D eigenvalue weighted by atomic mass is 9.56. The van der Waals surface area contributed by atoms with Crippen LogP contribution in [0.1, 0.15) is 62.2 Å². The van der Waals surface area contributed by atoms with Crippen LogP contribution < -0.4 is 10.6 Å². The summed E-state index contributed by atoms with van der Waals surface area (Å²) in [6, 6.07) is 6.79. The number of aromatic carboxylic acids is 1. The summed E-state index contributed by atoms with van der Waals surface area (Å²) < 4.78 is 5.95. The Morgan fingerprint density at radius 1 is 1.16 bits per heavy atom. The van der Waals surface area contributed by atoms with Crippen LogP contribution in [0, 0.1) is 17.8 Å². The van der Waals surface area contributed by atoms with Gasteiger partial charge >= 0.3 is 5.97 Å². The predicted molar refractivity (Wildman–Crippen MR) is 132 cm³/mol. The van der Waals surface area contributed by atoms with E-state index < -0.39 is 5.97 Å². The Balaban J connectivity index is 1.28. The quantitative estimate of drug-likeness (QED) is 0.249. The maximum absolute atomic E-state index is 11.1. The first-order valence-corrected chi connectivity index (χ1v) is 13.1. The van der Waals surface area contributed by atoms with Gasteiger partial charge in [0, 0.05) is 42.5 Å². The van der Waals surface area contributed by atoms with Crippen LogP contribution in [0.2, 0.25) is 0 Å². The molecule has 3 N–H and O–H groups in total. The SMILES string of the molecule is CCOCCCN=C(NCCSC12CC3CC(CC(C3)C1)C2)Nc1ccc(C(=O)O)cc1. The number of anilines is 1. The Kier molecular flexibility index (Phi) is 8.00. The average molecular weight is 460 g/mol. The second kappa shape index (κ2) is 10.9. The van der Waals surface area contributed by atoms with Gasteiger partial charge in [0.15, 0.2) is 5.96 Å². The largest absolute Gasteiger partial charge is 0.478 e. The highest BCUT2D eigenvalue weighted by molar-refractivity contribution is 8.00. The fourth-order valence-corrected chi connectivity index (χ4v) is 7.82. The third-order valence-electron chi connectivity index (χ3n) is 7.10. The van der Waals surface area contributed by atoms with Crippen molar-refractivity contribution in [2.45, 2.75) is 56.6 Å². The molecule has 0 radical (unpaired) electrons. The van der Waals surface area contributed by atoms with Crippen LogP contribution in [0.5, 0.6) is 0 Å². The molecule has 0 unspecified atom stereocenters. The van der Waals surface area contributed by atoms with E-state index in [1.54, 1.807) is 24.3 Å². The van der Waals surface area contributed by atoms with E-state index in [1.165, 1.54) is 38.5 Å². The minimum Gasteiger partial charge on any atom is -0.478 e. The van der Waals surface area contributed by atoms with Crippen molar-refractivity contribution >= 4 is 29.4 Å². The number of carbonyl (C=O) groups is 1. The topological polar surface area (TPSA) is 83.0 Å². The van der Waals surface area contributed by atoms with Crippen LogP contribution >= 0.6 is 11.8 Å². The van der Waals surface area contributed by atoms with Gasteiger partial charge in [-0.1, -0.05) is 0 Å². The summed E-state index contributed by atoms with van der Waals surface area (Å²) in [5.74, 6) is 3.87. The Hall–Kier alpha value is -1.73. The number of ether oxygens (including phenoxy) is 1. The maximum atomic E-state index is 11.1. The first kappa shape index (κ1) is 23.4. The lowest BCUT2D eigenvalue weighted by molar-refractivity contribution is 0.0383. The Morgan fingerprint density at radius 2 is 1.81 bits per heavy atom. The van der Waals surface area contributed by atoms with Crippen LogP contribution in [0.3, 0.4) is 0 Å². The van der Waals surface area contributed by atoms with E-state index in [4.69, 9.17) is 14.8 Å². The number of thioether (sulfide) groups is 1. The molecule has 1 aromatic rings. The van der Waals surface area contributed by atoms with Crippen molar-refractivity contribution < 1.29 is 14.6 Å². The number of aliphatic imine (C=N–C) groups is 1. The van der Waals surface area contributed by atoms with Crippen molar-refractivity contribution in [3.8, 4) is 0 Å². The molecule has 1 aromatic carbocycles. The number of nitrogens with zero attached hydrogens (tertiary/aromatic N) is 1. The van der Waals surface area contributed by atoms with E-state index >= 15 is 0 Å². The van der Waals surface area contributed by atoms with E-state index in [0.717, 1.165) is 54.7 Å². The van der Waals surface area contributed by atoms with Crippen LogP contribution in [-0.2, 0) is 4.74 Å². The molecular formula is C25H37N3O3S. The Bertz CT molecular complexity index is 761. The van der Waals surface area contributed by atoms with Gasteiger partial charge in [0.2, 0.25) is 0 Å². The Morgan fingerprint density at radius 3 is 2.41 bits per heavy atom. The highest BCUT2D eigenvalue weighted by Crippen LogP contribution is 2.60. The monoisotopic (exact) mass is 459 g/mol. The second-order valence-electron chi connectivity index (χ2n) is 9.66. The van der Waals surface area contributed by atoms with Crippen LogP contribution in [0.25, 0.3) is 0 Å². The molecular weight excluding hydrogens is 422 g/mol.